The third kappa shape index (κ3) is 4.62. The first-order chi connectivity index (χ1) is 9.15. The lowest BCUT2D eigenvalue weighted by molar-refractivity contribution is 0.0952. The fraction of sp³-hybridized carbons (Fsp3) is 0.533. The molecule has 0 aliphatic carbocycles. The van der Waals surface area contributed by atoms with Crippen molar-refractivity contribution >= 4 is 21.8 Å². The van der Waals surface area contributed by atoms with Crippen LogP contribution >= 0.6 is 15.9 Å². The van der Waals surface area contributed by atoms with Crippen LogP contribution in [0.3, 0.4) is 0 Å². The van der Waals surface area contributed by atoms with Gasteiger partial charge in [0, 0.05) is 16.6 Å². The number of nitrogens with one attached hydrogen (secondary N) is 1. The van der Waals surface area contributed by atoms with Crippen LogP contribution in [0.25, 0.3) is 0 Å². The van der Waals surface area contributed by atoms with Gasteiger partial charge in [0.1, 0.15) is 0 Å². The van der Waals surface area contributed by atoms with E-state index in [-0.39, 0.29) is 5.91 Å². The largest absolute Gasteiger partial charge is 0.352 e. The second-order valence-corrected chi connectivity index (χ2v) is 6.09. The van der Waals surface area contributed by atoms with Gasteiger partial charge in [-0.15, -0.1) is 0 Å². The molecule has 19 heavy (non-hydrogen) atoms. The molecule has 4 heteroatoms. The zero-order valence-corrected chi connectivity index (χ0v) is 13.0. The Hall–Kier alpha value is -0.870. The molecule has 1 aromatic rings. The molecule has 1 N–H and O–H groups in total. The molecule has 0 saturated carbocycles. The molecule has 1 aliphatic rings. The van der Waals surface area contributed by atoms with Crippen molar-refractivity contribution in [1.82, 2.24) is 10.2 Å². The van der Waals surface area contributed by atoms with Gasteiger partial charge in [-0.2, -0.15) is 0 Å². The Labute approximate surface area is 123 Å². The van der Waals surface area contributed by atoms with Gasteiger partial charge in [0.05, 0.1) is 0 Å². The van der Waals surface area contributed by atoms with E-state index in [9.17, 15) is 4.79 Å². The minimum Gasteiger partial charge on any atom is -0.352 e. The van der Waals surface area contributed by atoms with E-state index in [0.29, 0.717) is 0 Å². The Kier molecular flexibility index (Phi) is 5.40. The molecular formula is C15H21BrN2O. The minimum absolute atomic E-state index is 0.0193. The van der Waals surface area contributed by atoms with Gasteiger partial charge in [-0.1, -0.05) is 15.9 Å². The molecule has 1 amide bonds. The molecule has 1 fully saturated rings. The van der Waals surface area contributed by atoms with Crippen LogP contribution in [0.15, 0.2) is 22.7 Å². The highest BCUT2D eigenvalue weighted by atomic mass is 79.9. The van der Waals surface area contributed by atoms with E-state index in [1.807, 2.05) is 25.1 Å². The number of hydrogen-bond acceptors (Lipinski definition) is 2. The summed E-state index contributed by atoms with van der Waals surface area (Å²) < 4.78 is 0.953. The van der Waals surface area contributed by atoms with Crippen LogP contribution in [-0.4, -0.2) is 37.0 Å². The highest BCUT2D eigenvalue weighted by Crippen LogP contribution is 2.15. The van der Waals surface area contributed by atoms with Gasteiger partial charge in [0.25, 0.3) is 5.91 Å². The van der Waals surface area contributed by atoms with Crippen LogP contribution in [-0.2, 0) is 0 Å². The third-order valence-corrected chi connectivity index (χ3v) is 3.90. The number of carbonyl (C=O) groups is 1. The zero-order chi connectivity index (χ0) is 13.7. The third-order valence-electron chi connectivity index (χ3n) is 3.44. The van der Waals surface area contributed by atoms with E-state index in [4.69, 9.17) is 0 Å². The fourth-order valence-corrected chi connectivity index (χ4v) is 3.09. The van der Waals surface area contributed by atoms with Crippen molar-refractivity contribution in [2.45, 2.75) is 26.2 Å². The highest BCUT2D eigenvalue weighted by molar-refractivity contribution is 9.10. The van der Waals surface area contributed by atoms with Gasteiger partial charge in [0.15, 0.2) is 0 Å². The Morgan fingerprint density at radius 2 is 2.05 bits per heavy atom. The number of hydrogen-bond donors (Lipinski definition) is 1. The molecule has 0 bridgehead atoms. The van der Waals surface area contributed by atoms with Crippen LogP contribution in [0.1, 0.15) is 35.2 Å². The molecule has 1 aromatic carbocycles. The maximum absolute atomic E-state index is 12.0. The van der Waals surface area contributed by atoms with E-state index >= 15 is 0 Å². The number of halogens is 1. The molecule has 0 radical (unpaired) electrons. The number of rotatable bonds is 5. The molecule has 1 aliphatic heterocycles. The van der Waals surface area contributed by atoms with Crippen molar-refractivity contribution in [2.24, 2.45) is 0 Å². The Morgan fingerprint density at radius 3 is 2.74 bits per heavy atom. The van der Waals surface area contributed by atoms with Crippen LogP contribution in [0.4, 0.5) is 0 Å². The van der Waals surface area contributed by atoms with Gasteiger partial charge in [0.2, 0.25) is 0 Å². The van der Waals surface area contributed by atoms with E-state index in [2.05, 4.69) is 26.1 Å². The highest BCUT2D eigenvalue weighted by Gasteiger charge is 2.11. The normalized spacial score (nSPS) is 15.7. The quantitative estimate of drug-likeness (QED) is 0.844. The van der Waals surface area contributed by atoms with Gasteiger partial charge in [-0.3, -0.25) is 4.79 Å². The summed E-state index contributed by atoms with van der Waals surface area (Å²) in [4.78, 5) is 14.5. The molecule has 2 rings (SSSR count). The van der Waals surface area contributed by atoms with Crippen molar-refractivity contribution in [3.05, 3.63) is 33.8 Å². The Balaban J connectivity index is 1.74. The molecule has 0 aromatic heterocycles. The molecule has 1 saturated heterocycles. The Bertz CT molecular complexity index is 422. The van der Waals surface area contributed by atoms with Crippen LogP contribution in [0.5, 0.6) is 0 Å². The number of aryl methyl sites for hydroxylation is 1. The minimum atomic E-state index is 0.0193. The van der Waals surface area contributed by atoms with Crippen molar-refractivity contribution < 1.29 is 4.79 Å². The molecule has 0 atom stereocenters. The zero-order valence-electron chi connectivity index (χ0n) is 11.4. The monoisotopic (exact) mass is 324 g/mol. The lowest BCUT2D eigenvalue weighted by atomic mass is 10.1. The predicted molar refractivity (Wildman–Crippen MR) is 81.5 cm³/mol. The van der Waals surface area contributed by atoms with E-state index < -0.39 is 0 Å². The summed E-state index contributed by atoms with van der Waals surface area (Å²) in [6.07, 6.45) is 3.67. The summed E-state index contributed by atoms with van der Waals surface area (Å²) in [5.41, 5.74) is 1.82. The topological polar surface area (TPSA) is 32.3 Å². The standard InChI is InChI=1S/C15H21BrN2O/c1-12-9-13(11-14(16)10-12)15(19)17-5-4-8-18-6-2-3-7-18/h9-11H,2-8H2,1H3,(H,17,19). The van der Waals surface area contributed by atoms with E-state index in [1.165, 1.54) is 25.9 Å². The molecule has 0 unspecified atom stereocenters. The predicted octanol–water partition coefficient (Wildman–Crippen LogP) is 2.97. The lowest BCUT2D eigenvalue weighted by Crippen LogP contribution is -2.28. The lowest BCUT2D eigenvalue weighted by Gasteiger charge is -2.14. The summed E-state index contributed by atoms with van der Waals surface area (Å²) >= 11 is 3.42. The maximum Gasteiger partial charge on any atom is 0.251 e. The van der Waals surface area contributed by atoms with Gasteiger partial charge in [-0.25, -0.2) is 0 Å². The van der Waals surface area contributed by atoms with Crippen molar-refractivity contribution in [1.29, 1.82) is 0 Å². The second-order valence-electron chi connectivity index (χ2n) is 5.18. The summed E-state index contributed by atoms with van der Waals surface area (Å²) in [5.74, 6) is 0.0193. The fourth-order valence-electron chi connectivity index (χ4n) is 2.48. The first-order valence-electron chi connectivity index (χ1n) is 6.93. The van der Waals surface area contributed by atoms with Crippen LogP contribution < -0.4 is 5.32 Å². The van der Waals surface area contributed by atoms with Crippen molar-refractivity contribution in [2.75, 3.05) is 26.2 Å². The van der Waals surface area contributed by atoms with Crippen LogP contribution in [0, 0.1) is 6.92 Å². The van der Waals surface area contributed by atoms with Crippen molar-refractivity contribution in [3.63, 3.8) is 0 Å². The summed E-state index contributed by atoms with van der Waals surface area (Å²) in [6.45, 7) is 6.28. The van der Waals surface area contributed by atoms with Crippen LogP contribution in [0.2, 0.25) is 0 Å². The number of carbonyl (C=O) groups excluding carboxylic acids is 1. The maximum atomic E-state index is 12.0. The second kappa shape index (κ2) is 7.06. The summed E-state index contributed by atoms with van der Waals surface area (Å²) in [7, 11) is 0. The molecule has 1 heterocycles. The van der Waals surface area contributed by atoms with Crippen molar-refractivity contribution in [3.8, 4) is 0 Å². The van der Waals surface area contributed by atoms with Gasteiger partial charge < -0.3 is 10.2 Å². The first-order valence-corrected chi connectivity index (χ1v) is 7.72. The molecular weight excluding hydrogens is 304 g/mol. The average molecular weight is 325 g/mol. The number of amides is 1. The first kappa shape index (κ1) is 14.5. The average Bonchev–Trinajstić information content (AvgIpc) is 2.86. The Morgan fingerprint density at radius 1 is 1.32 bits per heavy atom. The number of benzene rings is 1. The number of nitrogens with zero attached hydrogens (tertiary/aromatic N) is 1. The SMILES string of the molecule is Cc1cc(Br)cc(C(=O)NCCCN2CCCC2)c1. The molecule has 0 spiro atoms. The molecule has 3 nitrogen and oxygen atoms in total. The van der Waals surface area contributed by atoms with E-state index in [0.717, 1.165) is 35.1 Å². The smallest absolute Gasteiger partial charge is 0.251 e. The summed E-state index contributed by atoms with van der Waals surface area (Å²) in [6, 6.07) is 5.79. The summed E-state index contributed by atoms with van der Waals surface area (Å²) in [5, 5.41) is 2.99. The molecule has 104 valence electrons. The van der Waals surface area contributed by atoms with Gasteiger partial charge in [-0.05, 0) is 69.6 Å². The van der Waals surface area contributed by atoms with Gasteiger partial charge >= 0.3 is 0 Å². The number of likely N-dealkylation sites (tertiary alicyclic amines) is 1. The van der Waals surface area contributed by atoms with E-state index in [1.54, 1.807) is 0 Å².